The molecule has 0 bridgehead atoms. The van der Waals surface area contributed by atoms with Gasteiger partial charge in [-0.05, 0) is 44.1 Å². The van der Waals surface area contributed by atoms with Crippen LogP contribution in [0.15, 0.2) is 36.8 Å². The Morgan fingerprint density at radius 2 is 1.88 bits per heavy atom. The van der Waals surface area contributed by atoms with Crippen LogP contribution in [0.1, 0.15) is 47.4 Å². The zero-order chi connectivity index (χ0) is 23.8. The van der Waals surface area contributed by atoms with Crippen molar-refractivity contribution in [1.29, 1.82) is 0 Å². The zero-order valence-electron chi connectivity index (χ0n) is 18.5. The van der Waals surface area contributed by atoms with E-state index in [0.29, 0.717) is 54.7 Å². The van der Waals surface area contributed by atoms with Gasteiger partial charge in [-0.3, -0.25) is 0 Å². The molecule has 0 N–H and O–H groups in total. The predicted octanol–water partition coefficient (Wildman–Crippen LogP) is 4.69. The molecule has 0 spiro atoms. The number of halogens is 3. The van der Waals surface area contributed by atoms with Crippen LogP contribution in [0.25, 0.3) is 17.8 Å². The lowest BCUT2D eigenvalue weighted by molar-refractivity contribution is 0.395. The molecule has 0 fully saturated rings. The van der Waals surface area contributed by atoms with Crippen LogP contribution in [-0.4, -0.2) is 36.4 Å². The number of hydrogen-bond donors (Lipinski definition) is 0. The monoisotopic (exact) mass is 466 g/mol. The standard InChI is InChI=1S/C24H21F3N6O/c1-14-12-32(13-28-14)20-7-5-16(29-24(20)34-2)6-8-21-30-23-17(4-3-9-33(23)31-21)22-18(26)10-15(25)11-19(22)27/h5-8,10-13,17H,3-4,9H2,1-2H3/b8-6+/t17-/m0/s1. The van der Waals surface area contributed by atoms with Crippen LogP contribution < -0.4 is 4.74 Å². The first-order valence-corrected chi connectivity index (χ1v) is 10.8. The molecule has 0 radical (unpaired) electrons. The largest absolute Gasteiger partial charge is 0.479 e. The molecule has 174 valence electrons. The van der Waals surface area contributed by atoms with E-state index in [1.807, 2.05) is 29.8 Å². The van der Waals surface area contributed by atoms with Gasteiger partial charge in [0.25, 0.3) is 0 Å². The number of imidazole rings is 1. The van der Waals surface area contributed by atoms with E-state index >= 15 is 0 Å². The number of rotatable bonds is 5. The Balaban J connectivity index is 1.43. The number of methoxy groups -OCH3 is 1. The molecular formula is C24H21F3N6O. The topological polar surface area (TPSA) is 70.7 Å². The van der Waals surface area contributed by atoms with Gasteiger partial charge in [-0.15, -0.1) is 0 Å². The summed E-state index contributed by atoms with van der Waals surface area (Å²) in [5.74, 6) is -2.15. The van der Waals surface area contributed by atoms with Gasteiger partial charge in [0.15, 0.2) is 5.82 Å². The highest BCUT2D eigenvalue weighted by Gasteiger charge is 2.30. The molecule has 0 amide bonds. The van der Waals surface area contributed by atoms with Crippen LogP contribution in [0.4, 0.5) is 13.2 Å². The highest BCUT2D eigenvalue weighted by Crippen LogP contribution is 2.35. The number of pyridine rings is 1. The van der Waals surface area contributed by atoms with E-state index in [2.05, 4.69) is 20.1 Å². The summed E-state index contributed by atoms with van der Waals surface area (Å²) in [6, 6.07) is 5.09. The molecule has 0 aliphatic carbocycles. The predicted molar refractivity (Wildman–Crippen MR) is 119 cm³/mol. The second-order valence-electron chi connectivity index (χ2n) is 8.05. The van der Waals surface area contributed by atoms with Crippen molar-refractivity contribution in [2.75, 3.05) is 7.11 Å². The van der Waals surface area contributed by atoms with Gasteiger partial charge in [0.2, 0.25) is 5.88 Å². The maximum absolute atomic E-state index is 14.4. The van der Waals surface area contributed by atoms with Crippen molar-refractivity contribution in [2.45, 2.75) is 32.2 Å². The van der Waals surface area contributed by atoms with Crippen LogP contribution in [0.3, 0.4) is 0 Å². The number of aryl methyl sites for hydroxylation is 2. The van der Waals surface area contributed by atoms with Gasteiger partial charge in [-0.2, -0.15) is 5.10 Å². The van der Waals surface area contributed by atoms with E-state index in [1.54, 1.807) is 30.3 Å². The Labute approximate surface area is 193 Å². The molecule has 4 heterocycles. The first-order valence-electron chi connectivity index (χ1n) is 10.8. The Morgan fingerprint density at radius 1 is 1.09 bits per heavy atom. The summed E-state index contributed by atoms with van der Waals surface area (Å²) in [5, 5.41) is 4.46. The summed E-state index contributed by atoms with van der Waals surface area (Å²) < 4.78 is 51.1. The molecule has 5 rings (SSSR count). The van der Waals surface area contributed by atoms with Gasteiger partial charge in [0.05, 0.1) is 24.8 Å². The SMILES string of the molecule is COc1nc(/C=C/c2nc3n(n2)CCC[C@H]3c2c(F)cc(F)cc2F)ccc1-n1cnc(C)c1. The summed E-state index contributed by atoms with van der Waals surface area (Å²) in [6.07, 6.45) is 8.15. The summed E-state index contributed by atoms with van der Waals surface area (Å²) in [6.45, 7) is 2.48. The molecule has 4 aromatic rings. The van der Waals surface area contributed by atoms with E-state index in [4.69, 9.17) is 4.74 Å². The third-order valence-corrected chi connectivity index (χ3v) is 5.73. The molecule has 10 heteroatoms. The van der Waals surface area contributed by atoms with Gasteiger partial charge < -0.3 is 9.30 Å². The van der Waals surface area contributed by atoms with Crippen molar-refractivity contribution in [3.05, 3.63) is 82.8 Å². The molecule has 0 saturated carbocycles. The minimum absolute atomic E-state index is 0.179. The molecule has 0 unspecified atom stereocenters. The normalized spacial score (nSPS) is 15.6. The number of benzene rings is 1. The van der Waals surface area contributed by atoms with Gasteiger partial charge in [-0.25, -0.2) is 32.8 Å². The molecule has 1 aromatic carbocycles. The quantitative estimate of drug-likeness (QED) is 0.427. The van der Waals surface area contributed by atoms with Gasteiger partial charge >= 0.3 is 0 Å². The molecular weight excluding hydrogens is 445 g/mol. The van der Waals surface area contributed by atoms with E-state index in [9.17, 15) is 13.2 Å². The van der Waals surface area contributed by atoms with Crippen molar-refractivity contribution < 1.29 is 17.9 Å². The fraction of sp³-hybridized carbons (Fsp3) is 0.250. The Bertz CT molecular complexity index is 1370. The summed E-state index contributed by atoms with van der Waals surface area (Å²) in [5.41, 5.74) is 2.07. The van der Waals surface area contributed by atoms with Crippen LogP contribution in [0.2, 0.25) is 0 Å². The van der Waals surface area contributed by atoms with Gasteiger partial charge in [0.1, 0.15) is 29.0 Å². The maximum atomic E-state index is 14.4. The number of hydrogen-bond acceptors (Lipinski definition) is 5. The highest BCUT2D eigenvalue weighted by molar-refractivity contribution is 5.65. The first kappa shape index (κ1) is 21.9. The van der Waals surface area contributed by atoms with Crippen molar-refractivity contribution in [3.8, 4) is 11.6 Å². The lowest BCUT2D eigenvalue weighted by Crippen LogP contribution is -2.20. The van der Waals surface area contributed by atoms with Gasteiger partial charge in [0, 0.05) is 36.4 Å². The molecule has 34 heavy (non-hydrogen) atoms. The van der Waals surface area contributed by atoms with Crippen molar-refractivity contribution in [1.82, 2.24) is 29.3 Å². The smallest absolute Gasteiger partial charge is 0.238 e. The van der Waals surface area contributed by atoms with E-state index in [0.717, 1.165) is 11.4 Å². The minimum Gasteiger partial charge on any atom is -0.479 e. The average Bonchev–Trinajstić information content (AvgIpc) is 3.43. The third-order valence-electron chi connectivity index (χ3n) is 5.73. The first-order chi connectivity index (χ1) is 16.4. The third kappa shape index (κ3) is 4.07. The lowest BCUT2D eigenvalue weighted by Gasteiger charge is -2.23. The highest BCUT2D eigenvalue weighted by atomic mass is 19.1. The van der Waals surface area contributed by atoms with Crippen LogP contribution in [0.5, 0.6) is 5.88 Å². The minimum atomic E-state index is -0.947. The fourth-order valence-corrected chi connectivity index (χ4v) is 4.20. The maximum Gasteiger partial charge on any atom is 0.238 e. The number of aromatic nitrogens is 6. The Hall–Kier alpha value is -3.95. The van der Waals surface area contributed by atoms with Crippen LogP contribution in [0, 0.1) is 24.4 Å². The number of ether oxygens (including phenoxy) is 1. The number of fused-ring (bicyclic) bond motifs is 1. The fourth-order valence-electron chi connectivity index (χ4n) is 4.20. The Kier molecular flexibility index (Phi) is 5.64. The van der Waals surface area contributed by atoms with E-state index in [-0.39, 0.29) is 5.56 Å². The van der Waals surface area contributed by atoms with E-state index in [1.165, 1.54) is 0 Å². The van der Waals surface area contributed by atoms with Crippen molar-refractivity contribution in [2.24, 2.45) is 0 Å². The molecule has 1 atom stereocenters. The lowest BCUT2D eigenvalue weighted by atomic mass is 9.90. The van der Waals surface area contributed by atoms with E-state index < -0.39 is 23.4 Å². The van der Waals surface area contributed by atoms with Crippen molar-refractivity contribution in [3.63, 3.8) is 0 Å². The average molecular weight is 466 g/mol. The molecule has 0 saturated heterocycles. The summed E-state index contributed by atoms with van der Waals surface area (Å²) in [7, 11) is 1.54. The molecule has 3 aromatic heterocycles. The van der Waals surface area contributed by atoms with Crippen LogP contribution in [-0.2, 0) is 6.54 Å². The zero-order valence-corrected chi connectivity index (χ0v) is 18.5. The molecule has 1 aliphatic rings. The van der Waals surface area contributed by atoms with Crippen LogP contribution >= 0.6 is 0 Å². The Morgan fingerprint density at radius 3 is 2.59 bits per heavy atom. The van der Waals surface area contributed by atoms with Crippen molar-refractivity contribution >= 4 is 12.2 Å². The summed E-state index contributed by atoms with van der Waals surface area (Å²) in [4.78, 5) is 13.2. The number of nitrogens with zero attached hydrogens (tertiary/aromatic N) is 6. The molecule has 1 aliphatic heterocycles. The second-order valence-corrected chi connectivity index (χ2v) is 8.05. The van der Waals surface area contributed by atoms with Gasteiger partial charge in [-0.1, -0.05) is 0 Å². The second kappa shape index (κ2) is 8.77. The summed E-state index contributed by atoms with van der Waals surface area (Å²) >= 11 is 0. The molecule has 7 nitrogen and oxygen atoms in total.